The van der Waals surface area contributed by atoms with Crippen LogP contribution >= 0.6 is 11.6 Å². The van der Waals surface area contributed by atoms with Crippen LogP contribution in [-0.2, 0) is 0 Å². The molecule has 0 saturated carbocycles. The van der Waals surface area contributed by atoms with E-state index in [0.29, 0.717) is 16.7 Å². The van der Waals surface area contributed by atoms with Gasteiger partial charge in [-0.2, -0.15) is 0 Å². The van der Waals surface area contributed by atoms with Gasteiger partial charge in [-0.1, -0.05) is 29.8 Å². The number of para-hydroxylation sites is 1. The van der Waals surface area contributed by atoms with Crippen LogP contribution in [0.2, 0.25) is 5.15 Å². The molecule has 19 heavy (non-hydrogen) atoms. The lowest BCUT2D eigenvalue weighted by Gasteiger charge is -2.10. The maximum atomic E-state index is 5.92. The van der Waals surface area contributed by atoms with Crippen molar-refractivity contribution in [2.24, 2.45) is 0 Å². The van der Waals surface area contributed by atoms with Crippen LogP contribution < -0.4 is 4.74 Å². The Bertz CT molecular complexity index is 738. The molecule has 0 unspecified atom stereocenters. The van der Waals surface area contributed by atoms with Crippen molar-refractivity contribution in [3.05, 3.63) is 59.5 Å². The average Bonchev–Trinajstić information content (AvgIpc) is 2.43. The van der Waals surface area contributed by atoms with Gasteiger partial charge in [0, 0.05) is 29.4 Å². The van der Waals surface area contributed by atoms with Gasteiger partial charge in [0.15, 0.2) is 5.75 Å². The predicted molar refractivity (Wildman–Crippen MR) is 75.8 cm³/mol. The minimum absolute atomic E-state index is 0.411. The number of ether oxygens (including phenoxy) is 1. The smallest absolute Gasteiger partial charge is 0.153 e. The summed E-state index contributed by atoms with van der Waals surface area (Å²) in [6.45, 7) is 1.93. The van der Waals surface area contributed by atoms with Crippen molar-refractivity contribution in [3.8, 4) is 11.5 Å². The fourth-order valence-electron chi connectivity index (χ4n) is 1.87. The molecule has 3 nitrogen and oxygen atoms in total. The molecule has 3 rings (SSSR count). The van der Waals surface area contributed by atoms with Gasteiger partial charge in [-0.3, -0.25) is 4.98 Å². The highest BCUT2D eigenvalue weighted by atomic mass is 35.5. The Morgan fingerprint density at radius 2 is 1.89 bits per heavy atom. The fraction of sp³-hybridized carbons (Fsp3) is 0.0667. The molecule has 0 fully saturated rings. The molecule has 2 heterocycles. The molecule has 0 aliphatic rings. The molecule has 0 aliphatic heterocycles. The maximum Gasteiger partial charge on any atom is 0.153 e. The summed E-state index contributed by atoms with van der Waals surface area (Å²) >= 11 is 5.89. The van der Waals surface area contributed by atoms with Crippen LogP contribution in [0.15, 0.2) is 48.8 Å². The van der Waals surface area contributed by atoms with Crippen molar-refractivity contribution in [3.63, 3.8) is 0 Å². The molecule has 0 amide bonds. The summed E-state index contributed by atoms with van der Waals surface area (Å²) < 4.78 is 5.92. The van der Waals surface area contributed by atoms with Crippen LogP contribution in [0.5, 0.6) is 11.5 Å². The Morgan fingerprint density at radius 3 is 2.79 bits per heavy atom. The standard InChI is InChI=1S/C15H11ClN2O/c1-10-9-18-14(16)8-13(10)19-12-6-2-4-11-5-3-7-17-15(11)12/h2-9H,1H3. The summed E-state index contributed by atoms with van der Waals surface area (Å²) in [5, 5.41) is 1.45. The number of rotatable bonds is 2. The lowest BCUT2D eigenvalue weighted by molar-refractivity contribution is 0.482. The van der Waals surface area contributed by atoms with Crippen LogP contribution in [0.4, 0.5) is 0 Å². The Labute approximate surface area is 115 Å². The number of halogens is 1. The molecule has 3 aromatic rings. The highest BCUT2D eigenvalue weighted by Gasteiger charge is 2.07. The van der Waals surface area contributed by atoms with Gasteiger partial charge >= 0.3 is 0 Å². The first-order chi connectivity index (χ1) is 9.24. The van der Waals surface area contributed by atoms with E-state index in [1.165, 1.54) is 0 Å². The zero-order chi connectivity index (χ0) is 13.2. The van der Waals surface area contributed by atoms with E-state index < -0.39 is 0 Å². The maximum absolute atomic E-state index is 5.92. The summed E-state index contributed by atoms with van der Waals surface area (Å²) in [5.74, 6) is 1.40. The van der Waals surface area contributed by atoms with E-state index in [4.69, 9.17) is 16.3 Å². The lowest BCUT2D eigenvalue weighted by Crippen LogP contribution is -1.91. The van der Waals surface area contributed by atoms with Crippen molar-refractivity contribution in [1.82, 2.24) is 9.97 Å². The Hall–Kier alpha value is -2.13. The Kier molecular flexibility index (Phi) is 3.05. The van der Waals surface area contributed by atoms with Crippen LogP contribution in [0.25, 0.3) is 10.9 Å². The molecule has 0 spiro atoms. The molecular weight excluding hydrogens is 260 g/mol. The first-order valence-corrected chi connectivity index (χ1v) is 6.25. The predicted octanol–water partition coefficient (Wildman–Crippen LogP) is 4.38. The lowest BCUT2D eigenvalue weighted by atomic mass is 10.2. The van der Waals surface area contributed by atoms with Crippen LogP contribution in [-0.4, -0.2) is 9.97 Å². The summed E-state index contributed by atoms with van der Waals surface area (Å²) in [6, 6.07) is 11.4. The zero-order valence-corrected chi connectivity index (χ0v) is 11.1. The van der Waals surface area contributed by atoms with E-state index >= 15 is 0 Å². The fourth-order valence-corrected chi connectivity index (χ4v) is 2.02. The highest BCUT2D eigenvalue weighted by Crippen LogP contribution is 2.30. The number of aromatic nitrogens is 2. The molecule has 1 aromatic carbocycles. The van der Waals surface area contributed by atoms with Crippen LogP contribution in [0.1, 0.15) is 5.56 Å². The quantitative estimate of drug-likeness (QED) is 0.648. The van der Waals surface area contributed by atoms with Gasteiger partial charge in [0.2, 0.25) is 0 Å². The topological polar surface area (TPSA) is 35.0 Å². The number of nitrogens with zero attached hydrogens (tertiary/aromatic N) is 2. The van der Waals surface area contributed by atoms with E-state index in [9.17, 15) is 0 Å². The van der Waals surface area contributed by atoms with Gasteiger partial charge in [-0.25, -0.2) is 4.98 Å². The monoisotopic (exact) mass is 270 g/mol. The molecular formula is C15H11ClN2O. The van der Waals surface area contributed by atoms with E-state index in [1.54, 1.807) is 18.5 Å². The van der Waals surface area contributed by atoms with Crippen LogP contribution in [0.3, 0.4) is 0 Å². The van der Waals surface area contributed by atoms with Gasteiger partial charge in [0.25, 0.3) is 0 Å². The summed E-state index contributed by atoms with van der Waals surface area (Å²) in [4.78, 5) is 8.37. The van der Waals surface area contributed by atoms with Crippen molar-refractivity contribution in [2.75, 3.05) is 0 Å². The first kappa shape index (κ1) is 11.9. The third kappa shape index (κ3) is 2.37. The molecule has 0 N–H and O–H groups in total. The zero-order valence-electron chi connectivity index (χ0n) is 10.3. The molecule has 0 radical (unpaired) electrons. The number of aryl methyl sites for hydroxylation is 1. The number of hydrogen-bond acceptors (Lipinski definition) is 3. The van der Waals surface area contributed by atoms with E-state index in [-0.39, 0.29) is 0 Å². The van der Waals surface area contributed by atoms with E-state index in [2.05, 4.69) is 9.97 Å². The third-order valence-electron chi connectivity index (χ3n) is 2.84. The third-order valence-corrected chi connectivity index (χ3v) is 3.04. The largest absolute Gasteiger partial charge is 0.455 e. The molecule has 2 aromatic heterocycles. The van der Waals surface area contributed by atoms with Crippen molar-refractivity contribution in [2.45, 2.75) is 6.92 Å². The number of benzene rings is 1. The Morgan fingerprint density at radius 1 is 1.05 bits per heavy atom. The Balaban J connectivity index is 2.08. The normalized spacial score (nSPS) is 10.6. The summed E-state index contributed by atoms with van der Waals surface area (Å²) in [5.41, 5.74) is 1.76. The molecule has 4 heteroatoms. The SMILES string of the molecule is Cc1cnc(Cl)cc1Oc1cccc2cccnc12. The second kappa shape index (κ2) is 4.86. The van der Waals surface area contributed by atoms with Gasteiger partial charge in [0.1, 0.15) is 16.4 Å². The van der Waals surface area contributed by atoms with Crippen LogP contribution in [0, 0.1) is 6.92 Å². The molecule has 0 saturated heterocycles. The van der Waals surface area contributed by atoms with Gasteiger partial charge < -0.3 is 4.74 Å². The number of hydrogen-bond donors (Lipinski definition) is 0. The van der Waals surface area contributed by atoms with Gasteiger partial charge in [-0.15, -0.1) is 0 Å². The second-order valence-corrected chi connectivity index (χ2v) is 4.59. The van der Waals surface area contributed by atoms with Crippen molar-refractivity contribution in [1.29, 1.82) is 0 Å². The first-order valence-electron chi connectivity index (χ1n) is 5.88. The molecule has 0 atom stereocenters. The average molecular weight is 271 g/mol. The number of pyridine rings is 2. The molecule has 0 aliphatic carbocycles. The van der Waals surface area contributed by atoms with E-state index in [1.807, 2.05) is 37.3 Å². The minimum atomic E-state index is 0.411. The summed E-state index contributed by atoms with van der Waals surface area (Å²) in [7, 11) is 0. The van der Waals surface area contributed by atoms with Gasteiger partial charge in [-0.05, 0) is 19.1 Å². The minimum Gasteiger partial charge on any atom is -0.455 e. The highest BCUT2D eigenvalue weighted by molar-refractivity contribution is 6.29. The number of fused-ring (bicyclic) bond motifs is 1. The van der Waals surface area contributed by atoms with Crippen molar-refractivity contribution >= 4 is 22.5 Å². The van der Waals surface area contributed by atoms with E-state index in [0.717, 1.165) is 16.5 Å². The van der Waals surface area contributed by atoms with Crippen molar-refractivity contribution < 1.29 is 4.74 Å². The molecule has 94 valence electrons. The molecule has 0 bridgehead atoms. The second-order valence-electron chi connectivity index (χ2n) is 4.21. The van der Waals surface area contributed by atoms with Gasteiger partial charge in [0.05, 0.1) is 0 Å². The summed E-state index contributed by atoms with van der Waals surface area (Å²) in [6.07, 6.45) is 3.44.